The van der Waals surface area contributed by atoms with Crippen molar-refractivity contribution >= 4 is 6.41 Å². The van der Waals surface area contributed by atoms with Crippen LogP contribution >= 0.6 is 0 Å². The van der Waals surface area contributed by atoms with Gasteiger partial charge in [-0.25, -0.2) is 0 Å². The van der Waals surface area contributed by atoms with E-state index in [4.69, 9.17) is 0 Å². The van der Waals surface area contributed by atoms with Crippen LogP contribution in [0.25, 0.3) is 0 Å². The van der Waals surface area contributed by atoms with E-state index in [1.165, 1.54) is 6.42 Å². The van der Waals surface area contributed by atoms with Gasteiger partial charge in [-0.05, 0) is 32.9 Å². The maximum atomic E-state index is 10.6. The maximum Gasteiger partial charge on any atom is 0.312 e. The summed E-state index contributed by atoms with van der Waals surface area (Å²) in [7, 11) is 2.09. The predicted molar refractivity (Wildman–Crippen MR) is 53.2 cm³/mol. The number of hydrogen-bond donors (Lipinski definition) is 0. The van der Waals surface area contributed by atoms with Gasteiger partial charge in [0.1, 0.15) is 0 Å². The van der Waals surface area contributed by atoms with Gasteiger partial charge >= 0.3 is 6.41 Å². The Morgan fingerprint density at radius 3 is 2.92 bits per heavy atom. The third-order valence-corrected chi connectivity index (χ3v) is 2.81. The molecule has 0 bridgehead atoms. The van der Waals surface area contributed by atoms with Crippen molar-refractivity contribution in [3.8, 4) is 0 Å². The molecule has 1 unspecified atom stereocenters. The minimum atomic E-state index is 0.399. The van der Waals surface area contributed by atoms with Gasteiger partial charge in [0.05, 0.1) is 0 Å². The Kier molecular flexibility index (Phi) is 4.22. The molecule has 1 aliphatic rings. The number of nitrogens with zero attached hydrogens (tertiary/aromatic N) is 2. The normalized spacial score (nSPS) is 23.6. The first kappa shape index (κ1) is 10.5. The van der Waals surface area contributed by atoms with E-state index in [1.54, 1.807) is 0 Å². The standard InChI is InChI=1S/C10H19N2O/c1-3-11(2)8-10-6-4-5-7-12(10)9-13/h10H,3-8H2,1-2H3. The van der Waals surface area contributed by atoms with Gasteiger partial charge in [0.25, 0.3) is 0 Å². The molecule has 75 valence electrons. The largest absolute Gasteiger partial charge is 0.330 e. The van der Waals surface area contributed by atoms with Crippen molar-refractivity contribution in [1.82, 2.24) is 9.80 Å². The first-order valence-corrected chi connectivity index (χ1v) is 5.11. The van der Waals surface area contributed by atoms with Crippen LogP contribution < -0.4 is 0 Å². The lowest BCUT2D eigenvalue weighted by Crippen LogP contribution is -2.45. The molecule has 13 heavy (non-hydrogen) atoms. The molecule has 1 radical (unpaired) electrons. The van der Waals surface area contributed by atoms with E-state index in [9.17, 15) is 4.79 Å². The number of piperidine rings is 1. The summed E-state index contributed by atoms with van der Waals surface area (Å²) in [4.78, 5) is 14.7. The molecule has 1 aliphatic heterocycles. The lowest BCUT2D eigenvalue weighted by atomic mass is 10.0. The fourth-order valence-corrected chi connectivity index (χ4v) is 1.80. The van der Waals surface area contributed by atoms with Crippen LogP contribution in [-0.4, -0.2) is 48.9 Å². The van der Waals surface area contributed by atoms with Gasteiger partial charge in [0.15, 0.2) is 0 Å². The summed E-state index contributed by atoms with van der Waals surface area (Å²) in [6, 6.07) is 0.399. The van der Waals surface area contributed by atoms with Gasteiger partial charge in [-0.2, -0.15) is 0 Å². The van der Waals surface area contributed by atoms with Crippen LogP contribution in [0, 0.1) is 0 Å². The number of hydrogen-bond acceptors (Lipinski definition) is 2. The summed E-state index contributed by atoms with van der Waals surface area (Å²) in [5, 5.41) is 0. The van der Waals surface area contributed by atoms with E-state index < -0.39 is 0 Å². The first-order chi connectivity index (χ1) is 6.27. The second-order valence-corrected chi connectivity index (χ2v) is 3.79. The Morgan fingerprint density at radius 1 is 1.54 bits per heavy atom. The number of rotatable bonds is 4. The highest BCUT2D eigenvalue weighted by atomic mass is 16.1. The highest BCUT2D eigenvalue weighted by molar-refractivity contribution is 5.49. The van der Waals surface area contributed by atoms with Crippen LogP contribution in [0.2, 0.25) is 0 Å². The third-order valence-electron chi connectivity index (χ3n) is 2.81. The van der Waals surface area contributed by atoms with Gasteiger partial charge in [-0.15, -0.1) is 0 Å². The molecule has 3 nitrogen and oxygen atoms in total. The fourth-order valence-electron chi connectivity index (χ4n) is 1.80. The topological polar surface area (TPSA) is 23.6 Å². The van der Waals surface area contributed by atoms with Crippen LogP contribution in [0.15, 0.2) is 0 Å². The lowest BCUT2D eigenvalue weighted by molar-refractivity contribution is 0.178. The van der Waals surface area contributed by atoms with Crippen LogP contribution in [0.4, 0.5) is 0 Å². The van der Waals surface area contributed by atoms with E-state index in [0.29, 0.717) is 6.04 Å². The van der Waals surface area contributed by atoms with Gasteiger partial charge < -0.3 is 9.80 Å². The molecule has 1 fully saturated rings. The third kappa shape index (κ3) is 2.99. The molecule has 1 heterocycles. The Balaban J connectivity index is 2.40. The van der Waals surface area contributed by atoms with E-state index >= 15 is 0 Å². The number of likely N-dealkylation sites (N-methyl/N-ethyl adjacent to an activating group) is 1. The molecule has 0 aromatic carbocycles. The number of likely N-dealkylation sites (tertiary alicyclic amines) is 1. The van der Waals surface area contributed by atoms with Crippen molar-refractivity contribution in [1.29, 1.82) is 0 Å². The molecule has 1 atom stereocenters. The lowest BCUT2D eigenvalue weighted by Gasteiger charge is -2.34. The monoisotopic (exact) mass is 183 g/mol. The molecule has 0 spiro atoms. The fraction of sp³-hybridized carbons (Fsp3) is 0.900. The molecule has 0 aromatic heterocycles. The highest BCUT2D eigenvalue weighted by Crippen LogP contribution is 2.15. The van der Waals surface area contributed by atoms with Gasteiger partial charge in [-0.3, -0.25) is 4.79 Å². The van der Waals surface area contributed by atoms with Crippen molar-refractivity contribution in [3.05, 3.63) is 0 Å². The molecule has 1 amide bonds. The molecular formula is C10H19N2O. The zero-order valence-corrected chi connectivity index (χ0v) is 8.62. The van der Waals surface area contributed by atoms with E-state index in [2.05, 4.69) is 18.9 Å². The summed E-state index contributed by atoms with van der Waals surface area (Å²) in [6.07, 6.45) is 5.57. The van der Waals surface area contributed by atoms with Gasteiger partial charge in [0, 0.05) is 19.1 Å². The Labute approximate surface area is 80.7 Å². The van der Waals surface area contributed by atoms with Crippen LogP contribution in [0.3, 0.4) is 0 Å². The maximum absolute atomic E-state index is 10.6. The summed E-state index contributed by atoms with van der Waals surface area (Å²) in [5.74, 6) is 0. The van der Waals surface area contributed by atoms with Gasteiger partial charge in [0.2, 0.25) is 0 Å². The first-order valence-electron chi connectivity index (χ1n) is 5.11. The van der Waals surface area contributed by atoms with Crippen LogP contribution in [0.5, 0.6) is 0 Å². The van der Waals surface area contributed by atoms with E-state index in [1.807, 2.05) is 11.3 Å². The van der Waals surface area contributed by atoms with Crippen molar-refractivity contribution in [3.63, 3.8) is 0 Å². The van der Waals surface area contributed by atoms with E-state index in [-0.39, 0.29) is 0 Å². The molecule has 0 aliphatic carbocycles. The minimum Gasteiger partial charge on any atom is -0.330 e. The molecule has 1 saturated heterocycles. The Morgan fingerprint density at radius 2 is 2.31 bits per heavy atom. The second-order valence-electron chi connectivity index (χ2n) is 3.79. The Bertz CT molecular complexity index is 161. The number of carbonyl (C=O) groups excluding carboxylic acids is 1. The summed E-state index contributed by atoms with van der Waals surface area (Å²) in [5.41, 5.74) is 0. The molecule has 0 aromatic rings. The van der Waals surface area contributed by atoms with Crippen molar-refractivity contribution < 1.29 is 4.79 Å². The summed E-state index contributed by atoms with van der Waals surface area (Å²) >= 11 is 0. The second kappa shape index (κ2) is 5.22. The quantitative estimate of drug-likeness (QED) is 0.645. The minimum absolute atomic E-state index is 0.399. The van der Waals surface area contributed by atoms with Crippen LogP contribution in [0.1, 0.15) is 26.2 Å². The molecule has 1 rings (SSSR count). The van der Waals surface area contributed by atoms with Crippen LogP contribution in [-0.2, 0) is 4.79 Å². The molecule has 3 heteroatoms. The van der Waals surface area contributed by atoms with Crippen molar-refractivity contribution in [2.45, 2.75) is 32.2 Å². The zero-order valence-electron chi connectivity index (χ0n) is 8.62. The summed E-state index contributed by atoms with van der Waals surface area (Å²) < 4.78 is 0. The van der Waals surface area contributed by atoms with Gasteiger partial charge in [-0.1, -0.05) is 6.92 Å². The summed E-state index contributed by atoms with van der Waals surface area (Å²) in [6.45, 7) is 5.07. The molecule has 0 saturated carbocycles. The zero-order chi connectivity index (χ0) is 9.68. The molecular weight excluding hydrogens is 164 g/mol. The Hall–Kier alpha value is -0.570. The molecule has 0 N–H and O–H groups in total. The number of amides is 1. The SMILES string of the molecule is CCN(C)CC1CCCCN1[C]=O. The van der Waals surface area contributed by atoms with Crippen molar-refractivity contribution in [2.24, 2.45) is 0 Å². The predicted octanol–water partition coefficient (Wildman–Crippen LogP) is 0.860. The van der Waals surface area contributed by atoms with E-state index in [0.717, 1.165) is 32.5 Å². The smallest absolute Gasteiger partial charge is 0.312 e. The average molecular weight is 183 g/mol. The van der Waals surface area contributed by atoms with Crippen molar-refractivity contribution in [2.75, 3.05) is 26.7 Å². The average Bonchev–Trinajstić information content (AvgIpc) is 2.18. The highest BCUT2D eigenvalue weighted by Gasteiger charge is 2.22.